The van der Waals surface area contributed by atoms with Gasteiger partial charge in [-0.3, -0.25) is 4.79 Å². The van der Waals surface area contributed by atoms with Crippen LogP contribution in [0.25, 0.3) is 5.69 Å². The summed E-state index contributed by atoms with van der Waals surface area (Å²) in [4.78, 5) is 25.8. The van der Waals surface area contributed by atoms with Crippen LogP contribution in [-0.2, 0) is 11.3 Å². The molecule has 4 rings (SSSR count). The topological polar surface area (TPSA) is 66.8 Å². The van der Waals surface area contributed by atoms with Crippen molar-refractivity contribution in [1.29, 1.82) is 0 Å². The minimum Gasteiger partial charge on any atom is -0.483 e. The van der Waals surface area contributed by atoms with Crippen molar-refractivity contribution in [2.24, 2.45) is 0 Å². The molecule has 34 heavy (non-hydrogen) atoms. The fraction of sp³-hybridized carbons (Fsp3) is 0.143. The molecule has 6 nitrogen and oxygen atoms in total. The molecule has 1 heterocycles. The number of carbonyl (C=O) groups is 1. The molecular formula is C28H25NO5. The van der Waals surface area contributed by atoms with Gasteiger partial charge in [-0.1, -0.05) is 48.5 Å². The first-order valence-corrected chi connectivity index (χ1v) is 11.0. The molecule has 0 amide bonds. The minimum atomic E-state index is -0.673. The highest BCUT2D eigenvalue weighted by atomic mass is 16.5. The average molecular weight is 456 g/mol. The van der Waals surface area contributed by atoms with Crippen LogP contribution in [0.3, 0.4) is 0 Å². The number of ether oxygens (including phenoxy) is 3. The van der Waals surface area contributed by atoms with Gasteiger partial charge in [0.15, 0.2) is 5.75 Å². The summed E-state index contributed by atoms with van der Waals surface area (Å²) in [6.45, 7) is 3.78. The highest BCUT2D eigenvalue weighted by molar-refractivity contribution is 5.91. The quantitative estimate of drug-likeness (QED) is 0.319. The largest absolute Gasteiger partial charge is 0.483 e. The normalized spacial score (nSPS) is 10.5. The lowest BCUT2D eigenvalue weighted by Crippen LogP contribution is -2.24. The number of pyridine rings is 1. The van der Waals surface area contributed by atoms with Crippen LogP contribution in [0, 0.1) is 6.92 Å². The Bertz CT molecular complexity index is 1310. The second-order valence-electron chi connectivity index (χ2n) is 7.56. The number of esters is 1. The van der Waals surface area contributed by atoms with Crippen LogP contribution in [0.1, 0.15) is 28.5 Å². The molecule has 3 aromatic carbocycles. The van der Waals surface area contributed by atoms with Gasteiger partial charge in [0, 0.05) is 11.4 Å². The Labute approximate surface area is 198 Å². The third-order valence-electron chi connectivity index (χ3n) is 5.23. The SMILES string of the molecule is CCOC(=O)c1c(C)n(-c2ccc(Oc3ccccc3)cc2)cc(OCc2ccccc2)c1=O. The van der Waals surface area contributed by atoms with Gasteiger partial charge < -0.3 is 18.8 Å². The van der Waals surface area contributed by atoms with Gasteiger partial charge in [0.05, 0.1) is 12.8 Å². The summed E-state index contributed by atoms with van der Waals surface area (Å²) in [6.07, 6.45) is 1.61. The Morgan fingerprint density at radius 2 is 1.47 bits per heavy atom. The molecule has 0 spiro atoms. The fourth-order valence-corrected chi connectivity index (χ4v) is 3.53. The molecule has 0 saturated heterocycles. The van der Waals surface area contributed by atoms with Gasteiger partial charge in [0.25, 0.3) is 0 Å². The molecule has 0 aliphatic carbocycles. The molecule has 0 N–H and O–H groups in total. The predicted octanol–water partition coefficient (Wildman–Crippen LogP) is 5.69. The third-order valence-corrected chi connectivity index (χ3v) is 5.23. The fourth-order valence-electron chi connectivity index (χ4n) is 3.53. The Balaban J connectivity index is 1.69. The van der Waals surface area contributed by atoms with Crippen molar-refractivity contribution in [2.75, 3.05) is 6.61 Å². The van der Waals surface area contributed by atoms with E-state index in [0.29, 0.717) is 11.4 Å². The lowest BCUT2D eigenvalue weighted by Gasteiger charge is -2.17. The molecule has 0 atom stereocenters. The monoisotopic (exact) mass is 455 g/mol. The van der Waals surface area contributed by atoms with Crippen LogP contribution in [-0.4, -0.2) is 17.1 Å². The summed E-state index contributed by atoms with van der Waals surface area (Å²) >= 11 is 0. The van der Waals surface area contributed by atoms with Crippen LogP contribution < -0.4 is 14.9 Å². The lowest BCUT2D eigenvalue weighted by atomic mass is 10.1. The van der Waals surface area contributed by atoms with Crippen molar-refractivity contribution >= 4 is 5.97 Å². The third kappa shape index (κ3) is 5.18. The van der Waals surface area contributed by atoms with E-state index in [1.54, 1.807) is 24.6 Å². The van der Waals surface area contributed by atoms with E-state index in [9.17, 15) is 9.59 Å². The van der Waals surface area contributed by atoms with E-state index < -0.39 is 11.4 Å². The first-order chi connectivity index (χ1) is 16.6. The number of aromatic nitrogens is 1. The number of hydrogen-bond acceptors (Lipinski definition) is 5. The van der Waals surface area contributed by atoms with Crippen molar-refractivity contribution in [3.8, 4) is 22.9 Å². The lowest BCUT2D eigenvalue weighted by molar-refractivity contribution is 0.0522. The molecule has 172 valence electrons. The van der Waals surface area contributed by atoms with Gasteiger partial charge >= 0.3 is 5.97 Å². The predicted molar refractivity (Wildman–Crippen MR) is 130 cm³/mol. The molecule has 0 aliphatic rings. The summed E-state index contributed by atoms with van der Waals surface area (Å²) in [5.74, 6) is 0.797. The maximum atomic E-state index is 13.1. The molecule has 0 aliphatic heterocycles. The molecule has 0 unspecified atom stereocenters. The number of nitrogens with zero attached hydrogens (tertiary/aromatic N) is 1. The molecule has 1 aromatic heterocycles. The second kappa shape index (κ2) is 10.5. The Morgan fingerprint density at radius 1 is 0.853 bits per heavy atom. The molecule has 4 aromatic rings. The standard InChI is InChI=1S/C28H25NO5/c1-3-32-28(31)26-20(2)29(18-25(27(26)30)33-19-21-10-6-4-7-11-21)22-14-16-24(17-15-22)34-23-12-8-5-9-13-23/h4-18H,3,19H2,1-2H3. The van der Waals surface area contributed by atoms with Crippen molar-refractivity contribution in [3.05, 3.63) is 118 Å². The summed E-state index contributed by atoms with van der Waals surface area (Å²) in [6, 6.07) is 26.4. The molecular weight excluding hydrogens is 430 g/mol. The summed E-state index contributed by atoms with van der Waals surface area (Å²) in [5.41, 5.74) is 1.58. The van der Waals surface area contributed by atoms with Crippen LogP contribution >= 0.6 is 0 Å². The first kappa shape index (κ1) is 22.9. The average Bonchev–Trinajstić information content (AvgIpc) is 2.86. The van der Waals surface area contributed by atoms with Crippen LogP contribution in [0.15, 0.2) is 95.9 Å². The zero-order chi connectivity index (χ0) is 23.9. The molecule has 6 heteroatoms. The summed E-state index contributed by atoms with van der Waals surface area (Å²) < 4.78 is 18.6. The smallest absolute Gasteiger partial charge is 0.344 e. The van der Waals surface area contributed by atoms with Crippen molar-refractivity contribution in [3.63, 3.8) is 0 Å². The number of benzene rings is 3. The van der Waals surface area contributed by atoms with Gasteiger partial charge in [-0.25, -0.2) is 4.79 Å². The minimum absolute atomic E-state index is 0.0444. The van der Waals surface area contributed by atoms with E-state index >= 15 is 0 Å². The molecule has 0 saturated carbocycles. The van der Waals surface area contributed by atoms with E-state index in [1.165, 1.54) is 0 Å². The number of hydrogen-bond donors (Lipinski definition) is 0. The number of para-hydroxylation sites is 1. The first-order valence-electron chi connectivity index (χ1n) is 11.0. The van der Waals surface area contributed by atoms with E-state index in [1.807, 2.05) is 84.9 Å². The van der Waals surface area contributed by atoms with Crippen LogP contribution in [0.4, 0.5) is 0 Å². The zero-order valence-electron chi connectivity index (χ0n) is 19.1. The van der Waals surface area contributed by atoms with Gasteiger partial charge in [0.2, 0.25) is 5.43 Å². The van der Waals surface area contributed by atoms with Crippen molar-refractivity contribution < 1.29 is 19.0 Å². The zero-order valence-corrected chi connectivity index (χ0v) is 19.1. The highest BCUT2D eigenvalue weighted by Gasteiger charge is 2.22. The van der Waals surface area contributed by atoms with Gasteiger partial charge in [-0.15, -0.1) is 0 Å². The summed E-state index contributed by atoms with van der Waals surface area (Å²) in [5, 5.41) is 0. The molecule has 0 radical (unpaired) electrons. The maximum absolute atomic E-state index is 13.1. The van der Waals surface area contributed by atoms with Gasteiger partial charge in [-0.05, 0) is 55.8 Å². The highest BCUT2D eigenvalue weighted by Crippen LogP contribution is 2.24. The maximum Gasteiger partial charge on any atom is 0.344 e. The van der Waals surface area contributed by atoms with Crippen molar-refractivity contribution in [1.82, 2.24) is 4.57 Å². The second-order valence-corrected chi connectivity index (χ2v) is 7.56. The Hall–Kier alpha value is -4.32. The Kier molecular flexibility index (Phi) is 7.08. The van der Waals surface area contributed by atoms with E-state index in [2.05, 4.69) is 0 Å². The molecule has 0 fully saturated rings. The van der Waals surface area contributed by atoms with Crippen LogP contribution in [0.2, 0.25) is 0 Å². The number of carbonyl (C=O) groups excluding carboxylic acids is 1. The van der Waals surface area contributed by atoms with Gasteiger partial charge in [-0.2, -0.15) is 0 Å². The summed E-state index contributed by atoms with van der Waals surface area (Å²) in [7, 11) is 0. The number of rotatable bonds is 8. The van der Waals surface area contributed by atoms with Crippen molar-refractivity contribution in [2.45, 2.75) is 20.5 Å². The van der Waals surface area contributed by atoms with Gasteiger partial charge in [0.1, 0.15) is 23.7 Å². The van der Waals surface area contributed by atoms with E-state index in [0.717, 1.165) is 17.0 Å². The Morgan fingerprint density at radius 3 is 2.12 bits per heavy atom. The molecule has 0 bridgehead atoms. The van der Waals surface area contributed by atoms with Crippen LogP contribution in [0.5, 0.6) is 17.2 Å². The van der Waals surface area contributed by atoms with E-state index in [4.69, 9.17) is 14.2 Å². The van der Waals surface area contributed by atoms with E-state index in [-0.39, 0.29) is 24.5 Å².